The van der Waals surface area contributed by atoms with Gasteiger partial charge in [-0.1, -0.05) is 19.8 Å². The number of carbonyl (C=O) groups is 1. The van der Waals surface area contributed by atoms with Crippen LogP contribution in [0.1, 0.15) is 39.0 Å². The molecule has 0 aromatic heterocycles. The lowest BCUT2D eigenvalue weighted by molar-refractivity contribution is -0.145. The van der Waals surface area contributed by atoms with E-state index in [4.69, 9.17) is 16.2 Å². The van der Waals surface area contributed by atoms with E-state index in [1.54, 1.807) is 0 Å². The summed E-state index contributed by atoms with van der Waals surface area (Å²) in [6.45, 7) is 3.19. The molecule has 1 atom stereocenters. The fourth-order valence-corrected chi connectivity index (χ4v) is 1.05. The molecule has 4 N–H and O–H groups in total. The summed E-state index contributed by atoms with van der Waals surface area (Å²) in [5.41, 5.74) is 11.0. The molecule has 4 nitrogen and oxygen atoms in total. The Morgan fingerprint density at radius 1 is 1.36 bits per heavy atom. The van der Waals surface area contributed by atoms with Crippen LogP contribution in [0.4, 0.5) is 0 Å². The van der Waals surface area contributed by atoms with Crippen molar-refractivity contribution in [2.75, 3.05) is 13.2 Å². The van der Waals surface area contributed by atoms with Gasteiger partial charge in [0, 0.05) is 0 Å². The molecule has 0 saturated carbocycles. The summed E-state index contributed by atoms with van der Waals surface area (Å²) < 4.78 is 4.98. The molecule has 0 aliphatic carbocycles. The normalized spacial score (nSPS) is 12.5. The Labute approximate surface area is 86.0 Å². The Balaban J connectivity index is 3.44. The molecule has 0 rings (SSSR count). The van der Waals surface area contributed by atoms with Crippen LogP contribution in [0.25, 0.3) is 0 Å². The maximum Gasteiger partial charge on any atom is 0.322 e. The van der Waals surface area contributed by atoms with E-state index in [-0.39, 0.29) is 5.97 Å². The predicted octanol–water partition coefficient (Wildman–Crippen LogP) is 0.786. The van der Waals surface area contributed by atoms with Gasteiger partial charge in [-0.25, -0.2) is 0 Å². The standard InChI is InChI=1S/C10H22N2O2/c1-2-3-8-14-10(13)9(12)6-4-5-7-11/h9H,2-8,11-12H2,1H3/t9-/m1/s1. The van der Waals surface area contributed by atoms with Crippen LogP contribution in [0, 0.1) is 0 Å². The lowest BCUT2D eigenvalue weighted by Gasteiger charge is -2.10. The maximum atomic E-state index is 11.2. The first-order chi connectivity index (χ1) is 6.72. The molecule has 0 radical (unpaired) electrons. The third-order valence-electron chi connectivity index (χ3n) is 2.01. The third kappa shape index (κ3) is 6.86. The highest BCUT2D eigenvalue weighted by Crippen LogP contribution is 2.00. The van der Waals surface area contributed by atoms with E-state index in [9.17, 15) is 4.79 Å². The van der Waals surface area contributed by atoms with Crippen LogP contribution in [0.15, 0.2) is 0 Å². The summed E-state index contributed by atoms with van der Waals surface area (Å²) in [5.74, 6) is -0.282. The predicted molar refractivity (Wildman–Crippen MR) is 56.7 cm³/mol. The maximum absolute atomic E-state index is 11.2. The van der Waals surface area contributed by atoms with Crippen LogP contribution in [-0.2, 0) is 9.53 Å². The zero-order chi connectivity index (χ0) is 10.8. The Morgan fingerprint density at radius 3 is 2.64 bits per heavy atom. The number of hydrogen-bond donors (Lipinski definition) is 2. The molecule has 0 aromatic carbocycles. The summed E-state index contributed by atoms with van der Waals surface area (Å²) in [7, 11) is 0. The first kappa shape index (κ1) is 13.4. The number of carbonyl (C=O) groups excluding carboxylic acids is 1. The van der Waals surface area contributed by atoms with Crippen molar-refractivity contribution in [1.82, 2.24) is 0 Å². The summed E-state index contributed by atoms with van der Waals surface area (Å²) in [6, 6.07) is -0.474. The minimum atomic E-state index is -0.474. The Morgan fingerprint density at radius 2 is 2.07 bits per heavy atom. The summed E-state index contributed by atoms with van der Waals surface area (Å²) in [6.07, 6.45) is 4.40. The van der Waals surface area contributed by atoms with Crippen LogP contribution in [0.3, 0.4) is 0 Å². The first-order valence-corrected chi connectivity index (χ1v) is 5.34. The van der Waals surface area contributed by atoms with Gasteiger partial charge in [0.2, 0.25) is 0 Å². The molecule has 0 spiro atoms. The molecule has 0 saturated heterocycles. The fraction of sp³-hybridized carbons (Fsp3) is 0.900. The lowest BCUT2D eigenvalue weighted by atomic mass is 10.1. The highest BCUT2D eigenvalue weighted by Gasteiger charge is 2.13. The zero-order valence-corrected chi connectivity index (χ0v) is 9.00. The van der Waals surface area contributed by atoms with Gasteiger partial charge < -0.3 is 16.2 Å². The Hall–Kier alpha value is -0.610. The quantitative estimate of drug-likeness (QED) is 0.450. The van der Waals surface area contributed by atoms with Gasteiger partial charge >= 0.3 is 5.97 Å². The molecule has 0 fully saturated rings. The molecular formula is C10H22N2O2. The molecule has 0 bridgehead atoms. The van der Waals surface area contributed by atoms with Crippen LogP contribution >= 0.6 is 0 Å². The molecule has 14 heavy (non-hydrogen) atoms. The van der Waals surface area contributed by atoms with E-state index >= 15 is 0 Å². The van der Waals surface area contributed by atoms with Gasteiger partial charge in [0.1, 0.15) is 6.04 Å². The molecule has 0 unspecified atom stereocenters. The van der Waals surface area contributed by atoms with Gasteiger partial charge in [0.15, 0.2) is 0 Å². The van der Waals surface area contributed by atoms with Crippen molar-refractivity contribution < 1.29 is 9.53 Å². The van der Waals surface area contributed by atoms with Crippen molar-refractivity contribution >= 4 is 5.97 Å². The number of esters is 1. The fourth-order valence-electron chi connectivity index (χ4n) is 1.05. The van der Waals surface area contributed by atoms with Gasteiger partial charge in [-0.2, -0.15) is 0 Å². The highest BCUT2D eigenvalue weighted by molar-refractivity contribution is 5.75. The number of nitrogens with two attached hydrogens (primary N) is 2. The van der Waals surface area contributed by atoms with E-state index in [2.05, 4.69) is 6.92 Å². The van der Waals surface area contributed by atoms with Crippen LogP contribution in [-0.4, -0.2) is 25.2 Å². The van der Waals surface area contributed by atoms with Crippen molar-refractivity contribution in [2.24, 2.45) is 11.5 Å². The number of unbranched alkanes of at least 4 members (excludes halogenated alkanes) is 2. The van der Waals surface area contributed by atoms with Crippen molar-refractivity contribution in [3.05, 3.63) is 0 Å². The molecule has 4 heteroatoms. The molecule has 0 aliphatic heterocycles. The van der Waals surface area contributed by atoms with Gasteiger partial charge in [0.25, 0.3) is 0 Å². The molecule has 0 aliphatic rings. The number of hydrogen-bond acceptors (Lipinski definition) is 4. The van der Waals surface area contributed by atoms with E-state index in [0.29, 0.717) is 19.6 Å². The van der Waals surface area contributed by atoms with Crippen LogP contribution < -0.4 is 11.5 Å². The lowest BCUT2D eigenvalue weighted by Crippen LogP contribution is -2.32. The van der Waals surface area contributed by atoms with Gasteiger partial charge in [0.05, 0.1) is 6.61 Å². The van der Waals surface area contributed by atoms with Crippen molar-refractivity contribution in [1.29, 1.82) is 0 Å². The van der Waals surface area contributed by atoms with E-state index in [1.165, 1.54) is 0 Å². The molecule has 84 valence electrons. The monoisotopic (exact) mass is 202 g/mol. The smallest absolute Gasteiger partial charge is 0.322 e. The van der Waals surface area contributed by atoms with Crippen molar-refractivity contribution in [3.63, 3.8) is 0 Å². The Kier molecular flexibility index (Phi) is 8.57. The molecular weight excluding hydrogens is 180 g/mol. The number of ether oxygens (including phenoxy) is 1. The first-order valence-electron chi connectivity index (χ1n) is 5.34. The van der Waals surface area contributed by atoms with Crippen LogP contribution in [0.5, 0.6) is 0 Å². The van der Waals surface area contributed by atoms with Gasteiger partial charge in [-0.05, 0) is 25.8 Å². The minimum Gasteiger partial charge on any atom is -0.465 e. The summed E-state index contributed by atoms with van der Waals surface area (Å²) in [5, 5.41) is 0. The average molecular weight is 202 g/mol. The molecule has 0 heterocycles. The molecule has 0 aromatic rings. The Bertz CT molecular complexity index is 151. The van der Waals surface area contributed by atoms with Gasteiger partial charge in [-0.3, -0.25) is 4.79 Å². The zero-order valence-electron chi connectivity index (χ0n) is 9.00. The van der Waals surface area contributed by atoms with E-state index in [1.807, 2.05) is 0 Å². The summed E-state index contributed by atoms with van der Waals surface area (Å²) in [4.78, 5) is 11.2. The van der Waals surface area contributed by atoms with Crippen molar-refractivity contribution in [2.45, 2.75) is 45.1 Å². The second-order valence-electron chi connectivity index (χ2n) is 3.41. The largest absolute Gasteiger partial charge is 0.465 e. The summed E-state index contributed by atoms with van der Waals surface area (Å²) >= 11 is 0. The second kappa shape index (κ2) is 8.97. The third-order valence-corrected chi connectivity index (χ3v) is 2.01. The minimum absolute atomic E-state index is 0.282. The SMILES string of the molecule is CCCCOC(=O)[C@H](N)CCCCN. The highest BCUT2D eigenvalue weighted by atomic mass is 16.5. The molecule has 0 amide bonds. The average Bonchev–Trinajstić information content (AvgIpc) is 2.18. The number of rotatable bonds is 8. The van der Waals surface area contributed by atoms with Gasteiger partial charge in [-0.15, -0.1) is 0 Å². The second-order valence-corrected chi connectivity index (χ2v) is 3.41. The van der Waals surface area contributed by atoms with E-state index < -0.39 is 6.04 Å². The topological polar surface area (TPSA) is 78.3 Å². The van der Waals surface area contributed by atoms with E-state index in [0.717, 1.165) is 25.7 Å². The van der Waals surface area contributed by atoms with Crippen molar-refractivity contribution in [3.8, 4) is 0 Å². The van der Waals surface area contributed by atoms with Crippen LogP contribution in [0.2, 0.25) is 0 Å².